The number of carbonyl (C=O) groups excluding carboxylic acids is 1. The van der Waals surface area contributed by atoms with Crippen LogP contribution in [0, 0.1) is 6.92 Å². The fourth-order valence-corrected chi connectivity index (χ4v) is 1.39. The van der Waals surface area contributed by atoms with Gasteiger partial charge in [-0.1, -0.05) is 0 Å². The number of amides is 1. The number of rotatable bonds is 1. The minimum atomic E-state index is -0.352. The second kappa shape index (κ2) is 3.21. The maximum atomic E-state index is 11.3. The van der Waals surface area contributed by atoms with Gasteiger partial charge in [-0.05, 0) is 31.2 Å². The SMILES string of the molecule is [CH2]C1CN(c2ccc(N)cc2)C(=O)O1. The second-order valence-electron chi connectivity index (χ2n) is 3.21. The number of ether oxygens (including phenoxy) is 1. The molecule has 2 N–H and O–H groups in total. The number of nitrogen functional groups attached to an aromatic ring is 1. The lowest BCUT2D eigenvalue weighted by atomic mass is 10.2. The van der Waals surface area contributed by atoms with E-state index in [2.05, 4.69) is 6.92 Å². The van der Waals surface area contributed by atoms with Crippen LogP contribution in [-0.2, 0) is 4.74 Å². The lowest BCUT2D eigenvalue weighted by molar-refractivity contribution is 0.159. The molecule has 1 atom stereocenters. The second-order valence-corrected chi connectivity index (χ2v) is 3.21. The smallest absolute Gasteiger partial charge is 0.414 e. The summed E-state index contributed by atoms with van der Waals surface area (Å²) >= 11 is 0. The van der Waals surface area contributed by atoms with E-state index in [1.54, 1.807) is 24.3 Å². The first-order valence-electron chi connectivity index (χ1n) is 4.33. The van der Waals surface area contributed by atoms with Crippen molar-refractivity contribution in [2.45, 2.75) is 6.10 Å². The molecule has 1 aliphatic rings. The zero-order chi connectivity index (χ0) is 10.1. The first-order chi connectivity index (χ1) is 6.66. The number of nitrogens with zero attached hydrogens (tertiary/aromatic N) is 1. The van der Waals surface area contributed by atoms with Gasteiger partial charge < -0.3 is 10.5 Å². The molecule has 1 aromatic rings. The Kier molecular flexibility index (Phi) is 2.04. The van der Waals surface area contributed by atoms with Gasteiger partial charge in [-0.15, -0.1) is 0 Å². The molecule has 1 fully saturated rings. The molecular formula is C10H11N2O2. The van der Waals surface area contributed by atoms with E-state index in [-0.39, 0.29) is 12.2 Å². The molecule has 1 aromatic carbocycles. The number of hydrogen-bond donors (Lipinski definition) is 1. The van der Waals surface area contributed by atoms with Crippen molar-refractivity contribution >= 4 is 17.5 Å². The number of anilines is 2. The molecule has 1 heterocycles. The van der Waals surface area contributed by atoms with Gasteiger partial charge in [0.1, 0.15) is 6.10 Å². The van der Waals surface area contributed by atoms with Crippen LogP contribution in [0.1, 0.15) is 0 Å². The highest BCUT2D eigenvalue weighted by Crippen LogP contribution is 2.21. The van der Waals surface area contributed by atoms with Crippen molar-refractivity contribution in [3.05, 3.63) is 31.2 Å². The predicted octanol–water partition coefficient (Wildman–Crippen LogP) is 1.43. The summed E-state index contributed by atoms with van der Waals surface area (Å²) in [6, 6.07) is 7.07. The third kappa shape index (κ3) is 1.51. The first kappa shape index (κ1) is 8.87. The summed E-state index contributed by atoms with van der Waals surface area (Å²) in [4.78, 5) is 12.8. The molecule has 14 heavy (non-hydrogen) atoms. The number of cyclic esters (lactones) is 1. The summed E-state index contributed by atoms with van der Waals surface area (Å²) in [5.41, 5.74) is 7.00. The molecule has 0 spiro atoms. The molecule has 1 aliphatic heterocycles. The van der Waals surface area contributed by atoms with Crippen molar-refractivity contribution in [1.29, 1.82) is 0 Å². The van der Waals surface area contributed by atoms with E-state index in [1.165, 1.54) is 4.90 Å². The average Bonchev–Trinajstić information content (AvgIpc) is 2.47. The molecule has 1 radical (unpaired) electrons. The molecule has 0 aliphatic carbocycles. The lowest BCUT2D eigenvalue weighted by Gasteiger charge is -2.12. The van der Waals surface area contributed by atoms with Crippen LogP contribution in [0.25, 0.3) is 0 Å². The van der Waals surface area contributed by atoms with Gasteiger partial charge in [0, 0.05) is 11.4 Å². The van der Waals surface area contributed by atoms with E-state index in [0.29, 0.717) is 12.2 Å². The Bertz CT molecular complexity index is 348. The molecule has 0 aromatic heterocycles. The van der Waals surface area contributed by atoms with Gasteiger partial charge in [0.25, 0.3) is 0 Å². The zero-order valence-electron chi connectivity index (χ0n) is 7.64. The number of benzene rings is 1. The van der Waals surface area contributed by atoms with Crippen LogP contribution in [-0.4, -0.2) is 18.7 Å². The van der Waals surface area contributed by atoms with Gasteiger partial charge in [0.05, 0.1) is 6.54 Å². The van der Waals surface area contributed by atoms with E-state index in [0.717, 1.165) is 5.69 Å². The van der Waals surface area contributed by atoms with E-state index in [1.807, 2.05) is 0 Å². The Balaban J connectivity index is 2.23. The topological polar surface area (TPSA) is 55.6 Å². The third-order valence-electron chi connectivity index (χ3n) is 2.08. The van der Waals surface area contributed by atoms with Gasteiger partial charge >= 0.3 is 6.09 Å². The minimum Gasteiger partial charge on any atom is -0.444 e. The standard InChI is InChI=1S/C10H11N2O2/c1-7-6-12(10(13)14-7)9-4-2-8(11)3-5-9/h2-5,7H,1,6,11H2. The van der Waals surface area contributed by atoms with Gasteiger partial charge in [-0.25, -0.2) is 4.79 Å². The number of nitrogens with two attached hydrogens (primary N) is 1. The van der Waals surface area contributed by atoms with Crippen LogP contribution in [0.15, 0.2) is 24.3 Å². The molecule has 0 bridgehead atoms. The van der Waals surface area contributed by atoms with Crippen LogP contribution < -0.4 is 10.6 Å². The summed E-state index contributed by atoms with van der Waals surface area (Å²) in [6.07, 6.45) is -0.644. The normalized spacial score (nSPS) is 21.1. The molecule has 73 valence electrons. The van der Waals surface area contributed by atoms with Crippen LogP contribution in [0.3, 0.4) is 0 Å². The van der Waals surface area contributed by atoms with Crippen LogP contribution >= 0.6 is 0 Å². The van der Waals surface area contributed by atoms with Crippen molar-refractivity contribution in [3.8, 4) is 0 Å². The van der Waals surface area contributed by atoms with E-state index < -0.39 is 0 Å². The molecule has 1 amide bonds. The van der Waals surface area contributed by atoms with Crippen LogP contribution in [0.4, 0.5) is 16.2 Å². The third-order valence-corrected chi connectivity index (χ3v) is 2.08. The molecule has 0 saturated carbocycles. The van der Waals surface area contributed by atoms with Crippen molar-refractivity contribution < 1.29 is 9.53 Å². The Morgan fingerprint density at radius 3 is 2.57 bits per heavy atom. The highest BCUT2D eigenvalue weighted by atomic mass is 16.6. The number of hydrogen-bond acceptors (Lipinski definition) is 3. The van der Waals surface area contributed by atoms with Crippen molar-refractivity contribution in [2.75, 3.05) is 17.2 Å². The Hall–Kier alpha value is -1.71. The molecule has 1 saturated heterocycles. The molecule has 4 heteroatoms. The van der Waals surface area contributed by atoms with E-state index in [9.17, 15) is 4.79 Å². The summed E-state index contributed by atoms with van der Waals surface area (Å²) in [5.74, 6) is 0. The van der Waals surface area contributed by atoms with Gasteiger partial charge in [0.15, 0.2) is 0 Å². The maximum absolute atomic E-state index is 11.3. The Morgan fingerprint density at radius 1 is 1.43 bits per heavy atom. The first-order valence-corrected chi connectivity index (χ1v) is 4.33. The quantitative estimate of drug-likeness (QED) is 0.683. The summed E-state index contributed by atoms with van der Waals surface area (Å²) in [7, 11) is 0. The fourth-order valence-electron chi connectivity index (χ4n) is 1.39. The maximum Gasteiger partial charge on any atom is 0.414 e. The molecule has 1 unspecified atom stereocenters. The van der Waals surface area contributed by atoms with Gasteiger partial charge in [-0.2, -0.15) is 0 Å². The molecule has 2 rings (SSSR count). The monoisotopic (exact) mass is 191 g/mol. The zero-order valence-corrected chi connectivity index (χ0v) is 7.64. The lowest BCUT2D eigenvalue weighted by Crippen LogP contribution is -2.23. The molecular weight excluding hydrogens is 180 g/mol. The highest BCUT2D eigenvalue weighted by molar-refractivity contribution is 5.89. The van der Waals surface area contributed by atoms with Crippen molar-refractivity contribution in [1.82, 2.24) is 0 Å². The summed E-state index contributed by atoms with van der Waals surface area (Å²) in [5, 5.41) is 0. The summed E-state index contributed by atoms with van der Waals surface area (Å²) < 4.78 is 4.90. The number of carbonyl (C=O) groups is 1. The minimum absolute atomic E-state index is 0.292. The largest absolute Gasteiger partial charge is 0.444 e. The Morgan fingerprint density at radius 2 is 2.07 bits per heavy atom. The van der Waals surface area contributed by atoms with Crippen molar-refractivity contribution in [3.63, 3.8) is 0 Å². The summed E-state index contributed by atoms with van der Waals surface area (Å²) in [6.45, 7) is 4.16. The van der Waals surface area contributed by atoms with Gasteiger partial charge in [-0.3, -0.25) is 4.90 Å². The fraction of sp³-hybridized carbons (Fsp3) is 0.200. The average molecular weight is 191 g/mol. The molecule has 4 nitrogen and oxygen atoms in total. The highest BCUT2D eigenvalue weighted by Gasteiger charge is 2.29. The van der Waals surface area contributed by atoms with Gasteiger partial charge in [0.2, 0.25) is 0 Å². The van der Waals surface area contributed by atoms with Crippen LogP contribution in [0.5, 0.6) is 0 Å². The van der Waals surface area contributed by atoms with Crippen molar-refractivity contribution in [2.24, 2.45) is 0 Å². The van der Waals surface area contributed by atoms with E-state index >= 15 is 0 Å². The Labute approximate surface area is 82.3 Å². The predicted molar refractivity (Wildman–Crippen MR) is 53.8 cm³/mol. The van der Waals surface area contributed by atoms with E-state index in [4.69, 9.17) is 10.5 Å². The van der Waals surface area contributed by atoms with Crippen LogP contribution in [0.2, 0.25) is 0 Å².